The van der Waals surface area contributed by atoms with Crippen LogP contribution in [0.25, 0.3) is 12.2 Å². The standard InChI is InChI=1S/C16H16F2O4/c1-3-21-15(19)7-5-11-9-12(17)10-14(18)13(11)6-8-16(20)22-4-2/h5-10H,3-4H2,1-2H3/b7-5+,8-6+. The molecule has 4 nitrogen and oxygen atoms in total. The number of hydrogen-bond donors (Lipinski definition) is 0. The molecule has 0 fully saturated rings. The van der Waals surface area contributed by atoms with Crippen molar-refractivity contribution in [3.8, 4) is 0 Å². The molecule has 1 aromatic rings. The van der Waals surface area contributed by atoms with Crippen LogP contribution in [-0.2, 0) is 19.1 Å². The Bertz CT molecular complexity index is 606. The lowest BCUT2D eigenvalue weighted by Gasteiger charge is -2.04. The first-order valence-electron chi connectivity index (χ1n) is 6.66. The van der Waals surface area contributed by atoms with Gasteiger partial charge in [0.25, 0.3) is 0 Å². The van der Waals surface area contributed by atoms with Crippen molar-refractivity contribution in [2.24, 2.45) is 0 Å². The van der Waals surface area contributed by atoms with Gasteiger partial charge in [0, 0.05) is 23.8 Å². The van der Waals surface area contributed by atoms with Crippen LogP contribution in [0.2, 0.25) is 0 Å². The fourth-order valence-electron chi connectivity index (χ4n) is 1.61. The minimum Gasteiger partial charge on any atom is -0.463 e. The molecular formula is C16H16F2O4. The molecule has 0 aliphatic rings. The summed E-state index contributed by atoms with van der Waals surface area (Å²) in [7, 11) is 0. The molecule has 0 aromatic heterocycles. The summed E-state index contributed by atoms with van der Waals surface area (Å²) in [6, 6.07) is 1.73. The van der Waals surface area contributed by atoms with Crippen LogP contribution in [0.3, 0.4) is 0 Å². The predicted octanol–water partition coefficient (Wildman–Crippen LogP) is 3.12. The van der Waals surface area contributed by atoms with Crippen molar-refractivity contribution in [2.45, 2.75) is 13.8 Å². The maximum absolute atomic E-state index is 13.8. The van der Waals surface area contributed by atoms with Gasteiger partial charge >= 0.3 is 11.9 Å². The Hall–Kier alpha value is -2.50. The summed E-state index contributed by atoms with van der Waals surface area (Å²) in [6.07, 6.45) is 4.47. The van der Waals surface area contributed by atoms with E-state index < -0.39 is 23.6 Å². The van der Waals surface area contributed by atoms with E-state index in [0.29, 0.717) is 6.07 Å². The summed E-state index contributed by atoms with van der Waals surface area (Å²) >= 11 is 0. The highest BCUT2D eigenvalue weighted by Crippen LogP contribution is 2.19. The lowest BCUT2D eigenvalue weighted by molar-refractivity contribution is -0.138. The third-order valence-corrected chi connectivity index (χ3v) is 2.48. The average Bonchev–Trinajstić information content (AvgIpc) is 2.44. The highest BCUT2D eigenvalue weighted by Gasteiger charge is 2.08. The minimum atomic E-state index is -0.857. The Morgan fingerprint density at radius 3 is 2.09 bits per heavy atom. The number of rotatable bonds is 6. The number of esters is 2. The van der Waals surface area contributed by atoms with E-state index in [-0.39, 0.29) is 24.3 Å². The van der Waals surface area contributed by atoms with Crippen molar-refractivity contribution < 1.29 is 27.8 Å². The molecule has 118 valence electrons. The van der Waals surface area contributed by atoms with E-state index in [9.17, 15) is 18.4 Å². The van der Waals surface area contributed by atoms with Gasteiger partial charge in [-0.1, -0.05) is 0 Å². The smallest absolute Gasteiger partial charge is 0.330 e. The SMILES string of the molecule is CCOC(=O)/C=C/c1cc(F)cc(F)c1/C=C/C(=O)OCC. The largest absolute Gasteiger partial charge is 0.463 e. The minimum absolute atomic E-state index is 0.0324. The molecule has 0 bridgehead atoms. The molecule has 1 rings (SSSR count). The molecule has 0 saturated heterocycles. The zero-order valence-electron chi connectivity index (χ0n) is 12.3. The zero-order chi connectivity index (χ0) is 16.5. The summed E-state index contributed by atoms with van der Waals surface area (Å²) in [4.78, 5) is 22.5. The highest BCUT2D eigenvalue weighted by molar-refractivity contribution is 5.90. The molecular weight excluding hydrogens is 294 g/mol. The van der Waals surface area contributed by atoms with Crippen LogP contribution in [0.5, 0.6) is 0 Å². The molecule has 0 saturated carbocycles. The number of carbonyl (C=O) groups excluding carboxylic acids is 2. The van der Waals surface area contributed by atoms with Crippen molar-refractivity contribution in [1.82, 2.24) is 0 Å². The van der Waals surface area contributed by atoms with Gasteiger partial charge in [-0.3, -0.25) is 0 Å². The summed E-state index contributed by atoms with van der Waals surface area (Å²) in [5, 5.41) is 0. The monoisotopic (exact) mass is 310 g/mol. The Labute approximate surface area is 127 Å². The molecule has 1 aromatic carbocycles. The van der Waals surface area contributed by atoms with Crippen LogP contribution in [0.4, 0.5) is 8.78 Å². The maximum Gasteiger partial charge on any atom is 0.330 e. The van der Waals surface area contributed by atoms with Crippen molar-refractivity contribution in [1.29, 1.82) is 0 Å². The first kappa shape index (κ1) is 17.6. The van der Waals surface area contributed by atoms with Crippen molar-refractivity contribution >= 4 is 24.1 Å². The second-order valence-corrected chi connectivity index (χ2v) is 4.06. The highest BCUT2D eigenvalue weighted by atomic mass is 19.1. The van der Waals surface area contributed by atoms with E-state index in [1.54, 1.807) is 13.8 Å². The van der Waals surface area contributed by atoms with Crippen LogP contribution in [0, 0.1) is 11.6 Å². The van der Waals surface area contributed by atoms with Gasteiger partial charge in [0.2, 0.25) is 0 Å². The summed E-state index contributed by atoms with van der Waals surface area (Å²) < 4.78 is 36.5. The topological polar surface area (TPSA) is 52.6 Å². The van der Waals surface area contributed by atoms with E-state index in [0.717, 1.165) is 24.3 Å². The average molecular weight is 310 g/mol. The maximum atomic E-state index is 13.8. The number of carbonyl (C=O) groups is 2. The molecule has 0 atom stereocenters. The molecule has 0 aliphatic carbocycles. The molecule has 0 spiro atoms. The van der Waals surface area contributed by atoms with Crippen LogP contribution >= 0.6 is 0 Å². The number of halogens is 2. The normalized spacial score (nSPS) is 11.1. The lowest BCUT2D eigenvalue weighted by atomic mass is 10.1. The molecule has 0 N–H and O–H groups in total. The molecule has 22 heavy (non-hydrogen) atoms. The lowest BCUT2D eigenvalue weighted by Crippen LogP contribution is -2.00. The van der Waals surface area contributed by atoms with Gasteiger partial charge in [-0.25, -0.2) is 18.4 Å². The van der Waals surface area contributed by atoms with Gasteiger partial charge in [0.15, 0.2) is 0 Å². The van der Waals surface area contributed by atoms with Crippen LogP contribution in [0.15, 0.2) is 24.3 Å². The third-order valence-electron chi connectivity index (χ3n) is 2.48. The fraction of sp³-hybridized carbons (Fsp3) is 0.250. The molecule has 0 heterocycles. The molecule has 0 unspecified atom stereocenters. The Kier molecular flexibility index (Phi) is 6.95. The molecule has 0 aliphatic heterocycles. The van der Waals surface area contributed by atoms with Crippen molar-refractivity contribution in [3.05, 3.63) is 47.0 Å². The van der Waals surface area contributed by atoms with Crippen molar-refractivity contribution in [2.75, 3.05) is 13.2 Å². The summed E-state index contributed by atoms with van der Waals surface area (Å²) in [5.74, 6) is -2.93. The van der Waals surface area contributed by atoms with Crippen LogP contribution in [-0.4, -0.2) is 25.2 Å². The fourth-order valence-corrected chi connectivity index (χ4v) is 1.61. The number of ether oxygens (including phenoxy) is 2. The van der Waals surface area contributed by atoms with Crippen LogP contribution in [0.1, 0.15) is 25.0 Å². The zero-order valence-corrected chi connectivity index (χ0v) is 12.3. The first-order chi connectivity index (χ1) is 10.5. The second kappa shape index (κ2) is 8.71. The Balaban J connectivity index is 3.10. The quantitative estimate of drug-likeness (QED) is 0.598. The predicted molar refractivity (Wildman–Crippen MR) is 77.7 cm³/mol. The number of hydrogen-bond acceptors (Lipinski definition) is 4. The van der Waals surface area contributed by atoms with Gasteiger partial charge in [0.1, 0.15) is 11.6 Å². The van der Waals surface area contributed by atoms with Crippen LogP contribution < -0.4 is 0 Å². The van der Waals surface area contributed by atoms with Gasteiger partial charge in [-0.15, -0.1) is 0 Å². The summed E-state index contributed by atoms with van der Waals surface area (Å²) in [5.41, 5.74) is 0.0705. The Morgan fingerprint density at radius 1 is 1.00 bits per heavy atom. The van der Waals surface area contributed by atoms with Gasteiger partial charge < -0.3 is 9.47 Å². The third kappa shape index (κ3) is 5.47. The van der Waals surface area contributed by atoms with E-state index in [4.69, 9.17) is 0 Å². The van der Waals surface area contributed by atoms with Gasteiger partial charge in [-0.2, -0.15) is 0 Å². The summed E-state index contributed by atoms with van der Waals surface area (Å²) in [6.45, 7) is 3.65. The van der Waals surface area contributed by atoms with E-state index >= 15 is 0 Å². The molecule has 0 radical (unpaired) electrons. The Morgan fingerprint density at radius 2 is 1.55 bits per heavy atom. The van der Waals surface area contributed by atoms with Gasteiger partial charge in [-0.05, 0) is 37.6 Å². The van der Waals surface area contributed by atoms with E-state index in [1.807, 2.05) is 0 Å². The van der Waals surface area contributed by atoms with E-state index in [1.165, 1.54) is 6.08 Å². The second-order valence-electron chi connectivity index (χ2n) is 4.06. The molecule has 0 amide bonds. The molecule has 6 heteroatoms. The van der Waals surface area contributed by atoms with Gasteiger partial charge in [0.05, 0.1) is 13.2 Å². The van der Waals surface area contributed by atoms with Crippen molar-refractivity contribution in [3.63, 3.8) is 0 Å². The van der Waals surface area contributed by atoms with E-state index in [2.05, 4.69) is 9.47 Å². The first-order valence-corrected chi connectivity index (χ1v) is 6.66. The number of benzene rings is 1.